The van der Waals surface area contributed by atoms with Crippen LogP contribution < -0.4 is 0 Å². The fourth-order valence-corrected chi connectivity index (χ4v) is 2.59. The first-order valence-corrected chi connectivity index (χ1v) is 5.12. The zero-order valence-electron chi connectivity index (χ0n) is 6.65. The van der Waals surface area contributed by atoms with Gasteiger partial charge >= 0.3 is 0 Å². The molecule has 0 spiro atoms. The van der Waals surface area contributed by atoms with Crippen molar-refractivity contribution in [1.82, 2.24) is 0 Å². The molecule has 0 aromatic heterocycles. The smallest absolute Gasteiger partial charge is 0.143 e. The molecule has 0 bridgehead atoms. The predicted octanol–water partition coefficient (Wildman–Crippen LogP) is 3.22. The monoisotopic (exact) mass is 264 g/mol. The molecule has 1 aromatic carbocycles. The van der Waals surface area contributed by atoms with E-state index in [4.69, 9.17) is 11.6 Å². The Hall–Kier alpha value is -0.120. The van der Waals surface area contributed by atoms with E-state index < -0.39 is 11.9 Å². The van der Waals surface area contributed by atoms with Crippen molar-refractivity contribution in [1.29, 1.82) is 0 Å². The highest BCUT2D eigenvalue weighted by molar-refractivity contribution is 9.10. The summed E-state index contributed by atoms with van der Waals surface area (Å²) < 4.78 is 13.8. The van der Waals surface area contributed by atoms with Gasteiger partial charge in [0.25, 0.3) is 0 Å². The van der Waals surface area contributed by atoms with Gasteiger partial charge in [-0.1, -0.05) is 27.5 Å². The Morgan fingerprint density at radius 2 is 2.31 bits per heavy atom. The van der Waals surface area contributed by atoms with E-state index in [0.717, 1.165) is 12.0 Å². The van der Waals surface area contributed by atoms with Crippen molar-refractivity contribution in [3.63, 3.8) is 0 Å². The molecule has 1 nitrogen and oxygen atoms in total. The summed E-state index contributed by atoms with van der Waals surface area (Å²) in [4.78, 5) is 0. The van der Waals surface area contributed by atoms with Gasteiger partial charge in [-0.3, -0.25) is 0 Å². The molecule has 0 amide bonds. The maximum atomic E-state index is 13.1. The number of hydrogen-bond acceptors (Lipinski definition) is 1. The molecule has 0 fully saturated rings. The van der Waals surface area contributed by atoms with Crippen LogP contribution in [-0.2, 0) is 6.42 Å². The van der Waals surface area contributed by atoms with Gasteiger partial charge in [-0.25, -0.2) is 4.39 Å². The molecule has 0 radical (unpaired) electrons. The average molecular weight is 266 g/mol. The van der Waals surface area contributed by atoms with Crippen molar-refractivity contribution < 1.29 is 9.50 Å². The van der Waals surface area contributed by atoms with Crippen LogP contribution in [0.25, 0.3) is 0 Å². The minimum absolute atomic E-state index is 0.0585. The van der Waals surface area contributed by atoms with Gasteiger partial charge in [0, 0.05) is 10.0 Å². The maximum Gasteiger partial charge on any atom is 0.143 e. The average Bonchev–Trinajstić information content (AvgIpc) is 2.44. The van der Waals surface area contributed by atoms with Gasteiger partial charge in [0.2, 0.25) is 0 Å². The first-order valence-electron chi connectivity index (χ1n) is 3.95. The summed E-state index contributed by atoms with van der Waals surface area (Å²) >= 11 is 9.00. The van der Waals surface area contributed by atoms with Gasteiger partial charge < -0.3 is 5.11 Å². The second-order valence-corrected chi connectivity index (χ2v) is 4.33. The second-order valence-electron chi connectivity index (χ2n) is 3.10. The molecule has 4 heteroatoms. The number of aliphatic hydroxyl groups excluding tert-OH is 1. The molecule has 2 rings (SSSR count). The molecule has 1 atom stereocenters. The molecule has 0 aliphatic heterocycles. The lowest BCUT2D eigenvalue weighted by atomic mass is 10.1. The fraction of sp³-hybridized carbons (Fsp3) is 0.333. The molecule has 0 saturated heterocycles. The van der Waals surface area contributed by atoms with E-state index in [9.17, 15) is 9.50 Å². The third-order valence-corrected chi connectivity index (χ3v) is 3.41. The highest BCUT2D eigenvalue weighted by Gasteiger charge is 2.27. The summed E-state index contributed by atoms with van der Waals surface area (Å²) in [6.07, 6.45) is 0.753. The number of aliphatic hydroxyl groups is 1. The van der Waals surface area contributed by atoms with Crippen LogP contribution in [0.2, 0.25) is 5.02 Å². The van der Waals surface area contributed by atoms with Gasteiger partial charge in [-0.15, -0.1) is 0 Å². The third kappa shape index (κ3) is 1.39. The number of hydrogen-bond donors (Lipinski definition) is 1. The van der Waals surface area contributed by atoms with E-state index in [0.29, 0.717) is 16.5 Å². The van der Waals surface area contributed by atoms with Crippen LogP contribution in [0.4, 0.5) is 4.39 Å². The quantitative estimate of drug-likeness (QED) is 0.714. The van der Waals surface area contributed by atoms with Crippen LogP contribution in [-0.4, -0.2) is 5.11 Å². The fourth-order valence-electron chi connectivity index (χ4n) is 1.68. The number of benzene rings is 1. The van der Waals surface area contributed by atoms with Crippen LogP contribution in [0.15, 0.2) is 10.5 Å². The highest BCUT2D eigenvalue weighted by atomic mass is 79.9. The topological polar surface area (TPSA) is 20.2 Å². The van der Waals surface area contributed by atoms with E-state index in [2.05, 4.69) is 15.9 Å². The van der Waals surface area contributed by atoms with E-state index >= 15 is 0 Å². The minimum Gasteiger partial charge on any atom is -0.388 e. The van der Waals surface area contributed by atoms with E-state index in [1.54, 1.807) is 0 Å². The molecular weight excluding hydrogens is 258 g/mol. The van der Waals surface area contributed by atoms with Gasteiger partial charge in [0.15, 0.2) is 0 Å². The Morgan fingerprint density at radius 1 is 1.62 bits per heavy atom. The Morgan fingerprint density at radius 3 is 3.00 bits per heavy atom. The molecule has 1 unspecified atom stereocenters. The van der Waals surface area contributed by atoms with Crippen molar-refractivity contribution in [3.8, 4) is 0 Å². The van der Waals surface area contributed by atoms with Gasteiger partial charge in [0.05, 0.1) is 11.1 Å². The van der Waals surface area contributed by atoms with Crippen LogP contribution in [0.1, 0.15) is 23.7 Å². The summed E-state index contributed by atoms with van der Waals surface area (Å²) in [5.41, 5.74) is 1.48. The zero-order valence-corrected chi connectivity index (χ0v) is 8.99. The molecule has 1 aromatic rings. The van der Waals surface area contributed by atoms with E-state index in [-0.39, 0.29) is 5.02 Å². The molecule has 1 aliphatic rings. The first-order chi connectivity index (χ1) is 6.11. The van der Waals surface area contributed by atoms with E-state index in [1.807, 2.05) is 0 Å². The van der Waals surface area contributed by atoms with Crippen LogP contribution >= 0.6 is 27.5 Å². The minimum atomic E-state index is -0.616. The SMILES string of the molecule is OC1CCc2c(Br)cc(F)c(Cl)c21. The summed E-state index contributed by atoms with van der Waals surface area (Å²) in [6.45, 7) is 0. The van der Waals surface area contributed by atoms with Crippen LogP contribution in [0.3, 0.4) is 0 Å². The lowest BCUT2D eigenvalue weighted by Gasteiger charge is -2.08. The zero-order chi connectivity index (χ0) is 9.59. The molecule has 1 aliphatic carbocycles. The van der Waals surface area contributed by atoms with Gasteiger partial charge in [0.1, 0.15) is 5.82 Å². The van der Waals surface area contributed by atoms with E-state index in [1.165, 1.54) is 6.07 Å². The van der Waals surface area contributed by atoms with Crippen molar-refractivity contribution in [3.05, 3.63) is 32.5 Å². The lowest BCUT2D eigenvalue weighted by molar-refractivity contribution is 0.180. The number of halogens is 3. The summed E-state index contributed by atoms with van der Waals surface area (Å²) in [5, 5.41) is 9.60. The van der Waals surface area contributed by atoms with Crippen molar-refractivity contribution >= 4 is 27.5 Å². The number of rotatable bonds is 0. The molecule has 1 N–H and O–H groups in total. The van der Waals surface area contributed by atoms with Gasteiger partial charge in [-0.2, -0.15) is 0 Å². The van der Waals surface area contributed by atoms with Crippen LogP contribution in [0, 0.1) is 5.82 Å². The highest BCUT2D eigenvalue weighted by Crippen LogP contribution is 2.41. The number of fused-ring (bicyclic) bond motifs is 1. The molecule has 0 saturated carbocycles. The van der Waals surface area contributed by atoms with Gasteiger partial charge in [-0.05, 0) is 24.5 Å². The first kappa shape index (κ1) is 9.44. The second kappa shape index (κ2) is 3.23. The standard InChI is InChI=1S/C9H7BrClFO/c10-5-3-6(12)9(11)8-4(5)1-2-7(8)13/h3,7,13H,1-2H2. The molecule has 13 heavy (non-hydrogen) atoms. The predicted molar refractivity (Wildman–Crippen MR) is 52.4 cm³/mol. The Balaban J connectivity index is 2.70. The van der Waals surface area contributed by atoms with Crippen molar-refractivity contribution in [2.75, 3.05) is 0 Å². The normalized spacial score (nSPS) is 20.5. The Bertz CT molecular complexity index is 367. The lowest BCUT2D eigenvalue weighted by Crippen LogP contribution is -1.95. The van der Waals surface area contributed by atoms with Crippen LogP contribution in [0.5, 0.6) is 0 Å². The third-order valence-electron chi connectivity index (χ3n) is 2.31. The molecule has 70 valence electrons. The Labute approximate surface area is 88.7 Å². The maximum absolute atomic E-state index is 13.1. The summed E-state index contributed by atoms with van der Waals surface area (Å²) in [6, 6.07) is 1.35. The largest absolute Gasteiger partial charge is 0.388 e. The van der Waals surface area contributed by atoms with Crippen molar-refractivity contribution in [2.45, 2.75) is 18.9 Å². The molecule has 0 heterocycles. The Kier molecular flexibility index (Phi) is 2.34. The summed E-state index contributed by atoms with van der Waals surface area (Å²) in [5.74, 6) is -0.478. The summed E-state index contributed by atoms with van der Waals surface area (Å²) in [7, 11) is 0. The van der Waals surface area contributed by atoms with Crippen molar-refractivity contribution in [2.24, 2.45) is 0 Å². The molecular formula is C9H7BrClFO.